The van der Waals surface area contributed by atoms with E-state index in [0.29, 0.717) is 11.3 Å². The quantitative estimate of drug-likeness (QED) is 0.489. The predicted molar refractivity (Wildman–Crippen MR) is 121 cm³/mol. The van der Waals surface area contributed by atoms with Crippen LogP contribution in [0.15, 0.2) is 52.8 Å². The van der Waals surface area contributed by atoms with Gasteiger partial charge in [-0.3, -0.25) is 4.79 Å². The average molecular weight is 424 g/mol. The number of carbonyl (C=O) groups is 1. The van der Waals surface area contributed by atoms with Gasteiger partial charge in [0, 0.05) is 23.7 Å². The van der Waals surface area contributed by atoms with Crippen molar-refractivity contribution in [2.75, 3.05) is 14.2 Å². The van der Waals surface area contributed by atoms with Crippen LogP contribution < -0.4 is 10.1 Å². The SMILES string of the molecule is CNC(=O)/C(=N/OC)c1cccc(C)c1CO/N=C(\C)c1ccccc1OC1(C)CC1. The third-order valence-electron chi connectivity index (χ3n) is 5.29. The Morgan fingerprint density at radius 2 is 1.81 bits per heavy atom. The van der Waals surface area contributed by atoms with Crippen molar-refractivity contribution in [2.24, 2.45) is 10.3 Å². The number of para-hydroxylation sites is 1. The molecule has 164 valence electrons. The zero-order chi connectivity index (χ0) is 22.4. The van der Waals surface area contributed by atoms with Crippen LogP contribution in [0.4, 0.5) is 0 Å². The Balaban J connectivity index is 1.82. The summed E-state index contributed by atoms with van der Waals surface area (Å²) in [5.74, 6) is 0.464. The van der Waals surface area contributed by atoms with E-state index in [9.17, 15) is 4.79 Å². The van der Waals surface area contributed by atoms with Gasteiger partial charge in [0.25, 0.3) is 5.91 Å². The number of benzene rings is 2. The molecule has 0 aromatic heterocycles. The number of oxime groups is 2. The average Bonchev–Trinajstić information content (AvgIpc) is 3.49. The summed E-state index contributed by atoms with van der Waals surface area (Å²) in [6.45, 7) is 6.13. The minimum atomic E-state index is -0.340. The molecule has 1 N–H and O–H groups in total. The lowest BCUT2D eigenvalue weighted by molar-refractivity contribution is -0.114. The van der Waals surface area contributed by atoms with Gasteiger partial charge in [-0.2, -0.15) is 0 Å². The highest BCUT2D eigenvalue weighted by molar-refractivity contribution is 6.45. The van der Waals surface area contributed by atoms with Crippen molar-refractivity contribution < 1.29 is 19.2 Å². The van der Waals surface area contributed by atoms with E-state index in [1.807, 2.05) is 56.3 Å². The molecule has 1 aliphatic carbocycles. The molecule has 0 aliphatic heterocycles. The van der Waals surface area contributed by atoms with Crippen LogP contribution in [0.2, 0.25) is 0 Å². The summed E-state index contributed by atoms with van der Waals surface area (Å²) in [6.07, 6.45) is 2.11. The zero-order valence-electron chi connectivity index (χ0n) is 18.7. The van der Waals surface area contributed by atoms with Crippen LogP contribution >= 0.6 is 0 Å². The van der Waals surface area contributed by atoms with Crippen molar-refractivity contribution in [3.8, 4) is 5.75 Å². The second kappa shape index (κ2) is 9.64. The molecule has 7 nitrogen and oxygen atoms in total. The van der Waals surface area contributed by atoms with Gasteiger partial charge in [-0.05, 0) is 51.3 Å². The van der Waals surface area contributed by atoms with Gasteiger partial charge < -0.3 is 19.7 Å². The Labute approximate surface area is 183 Å². The van der Waals surface area contributed by atoms with Gasteiger partial charge >= 0.3 is 0 Å². The Kier molecular flexibility index (Phi) is 6.95. The summed E-state index contributed by atoms with van der Waals surface area (Å²) in [4.78, 5) is 22.9. The van der Waals surface area contributed by atoms with Crippen LogP contribution in [-0.4, -0.2) is 37.1 Å². The molecule has 0 spiro atoms. The Morgan fingerprint density at radius 1 is 1.10 bits per heavy atom. The van der Waals surface area contributed by atoms with Crippen LogP contribution in [0.1, 0.15) is 48.9 Å². The van der Waals surface area contributed by atoms with Crippen molar-refractivity contribution in [2.45, 2.75) is 45.8 Å². The van der Waals surface area contributed by atoms with Gasteiger partial charge in [0.1, 0.15) is 25.1 Å². The van der Waals surface area contributed by atoms with E-state index in [1.165, 1.54) is 7.11 Å². The molecule has 0 saturated heterocycles. The number of hydrogen-bond acceptors (Lipinski definition) is 6. The molecule has 31 heavy (non-hydrogen) atoms. The van der Waals surface area contributed by atoms with Gasteiger partial charge in [0.15, 0.2) is 5.71 Å². The predicted octanol–water partition coefficient (Wildman–Crippen LogP) is 3.96. The van der Waals surface area contributed by atoms with Crippen LogP contribution in [0.5, 0.6) is 5.75 Å². The van der Waals surface area contributed by atoms with E-state index in [2.05, 4.69) is 22.6 Å². The van der Waals surface area contributed by atoms with E-state index < -0.39 is 0 Å². The smallest absolute Gasteiger partial charge is 0.273 e. The summed E-state index contributed by atoms with van der Waals surface area (Å²) >= 11 is 0. The largest absolute Gasteiger partial charge is 0.487 e. The van der Waals surface area contributed by atoms with Crippen LogP contribution in [0, 0.1) is 6.92 Å². The second-order valence-corrected chi connectivity index (χ2v) is 7.80. The molecule has 0 radical (unpaired) electrons. The normalized spacial score (nSPS) is 15.3. The molecule has 0 heterocycles. The van der Waals surface area contributed by atoms with Crippen molar-refractivity contribution in [3.63, 3.8) is 0 Å². The van der Waals surface area contributed by atoms with Gasteiger partial charge in [-0.25, -0.2) is 0 Å². The summed E-state index contributed by atoms with van der Waals surface area (Å²) in [7, 11) is 2.96. The van der Waals surface area contributed by atoms with Crippen LogP contribution in [0.3, 0.4) is 0 Å². The van der Waals surface area contributed by atoms with E-state index >= 15 is 0 Å². The number of rotatable bonds is 9. The zero-order valence-corrected chi connectivity index (χ0v) is 18.7. The summed E-state index contributed by atoms with van der Waals surface area (Å²) in [6, 6.07) is 13.5. The van der Waals surface area contributed by atoms with E-state index in [1.54, 1.807) is 7.05 Å². The molecule has 1 fully saturated rings. The number of hydrogen-bond donors (Lipinski definition) is 1. The van der Waals surface area contributed by atoms with E-state index in [0.717, 1.165) is 35.3 Å². The molecular weight excluding hydrogens is 394 g/mol. The third kappa shape index (κ3) is 5.42. The fraction of sp³-hybridized carbons (Fsp3) is 0.375. The lowest BCUT2D eigenvalue weighted by Gasteiger charge is -2.16. The molecule has 0 unspecified atom stereocenters. The standard InChI is InChI=1S/C24H29N3O4/c1-16-9-8-11-19(22(27-29-5)23(28)25-4)20(16)15-30-26-17(2)18-10-6-7-12-21(18)31-24(3)13-14-24/h6-12H,13-15H2,1-5H3,(H,25,28)/b26-17+,27-22+. The minimum absolute atomic E-state index is 0.0791. The maximum absolute atomic E-state index is 12.3. The molecule has 2 aromatic carbocycles. The summed E-state index contributed by atoms with van der Waals surface area (Å²) in [5, 5.41) is 10.8. The van der Waals surface area contributed by atoms with Crippen molar-refractivity contribution in [1.29, 1.82) is 0 Å². The Hall–Kier alpha value is -3.35. The number of likely N-dealkylation sites (N-methyl/N-ethyl adjacent to an activating group) is 1. The number of carbonyl (C=O) groups excluding carboxylic acids is 1. The molecule has 0 bridgehead atoms. The first-order chi connectivity index (χ1) is 14.9. The Morgan fingerprint density at radius 3 is 2.48 bits per heavy atom. The lowest BCUT2D eigenvalue weighted by Crippen LogP contribution is -2.29. The highest BCUT2D eigenvalue weighted by atomic mass is 16.6. The highest BCUT2D eigenvalue weighted by Crippen LogP contribution is 2.40. The van der Waals surface area contributed by atoms with Crippen molar-refractivity contribution in [3.05, 3.63) is 64.7 Å². The highest BCUT2D eigenvalue weighted by Gasteiger charge is 2.40. The van der Waals surface area contributed by atoms with Gasteiger partial charge in [-0.1, -0.05) is 40.6 Å². The lowest BCUT2D eigenvalue weighted by atomic mass is 9.98. The van der Waals surface area contributed by atoms with E-state index in [4.69, 9.17) is 14.4 Å². The van der Waals surface area contributed by atoms with Gasteiger partial charge in [0.2, 0.25) is 0 Å². The molecule has 1 amide bonds. The molecule has 3 rings (SSSR count). The maximum atomic E-state index is 12.3. The molecular formula is C24H29N3O4. The third-order valence-corrected chi connectivity index (χ3v) is 5.29. The first kappa shape index (κ1) is 22.3. The first-order valence-corrected chi connectivity index (χ1v) is 10.3. The Bertz CT molecular complexity index is 1010. The first-order valence-electron chi connectivity index (χ1n) is 10.3. The number of aryl methyl sites for hydroxylation is 1. The fourth-order valence-electron chi connectivity index (χ4n) is 3.18. The topological polar surface area (TPSA) is 81.5 Å². The molecule has 1 saturated carbocycles. The molecule has 1 aliphatic rings. The van der Waals surface area contributed by atoms with Gasteiger partial charge in [-0.15, -0.1) is 0 Å². The summed E-state index contributed by atoms with van der Waals surface area (Å²) in [5.41, 5.74) is 4.13. The fourth-order valence-corrected chi connectivity index (χ4v) is 3.18. The van der Waals surface area contributed by atoms with Crippen LogP contribution in [-0.2, 0) is 21.1 Å². The van der Waals surface area contributed by atoms with Crippen LogP contribution in [0.25, 0.3) is 0 Å². The molecule has 2 aromatic rings. The number of nitrogens with zero attached hydrogens (tertiary/aromatic N) is 2. The van der Waals surface area contributed by atoms with Crippen molar-refractivity contribution >= 4 is 17.3 Å². The molecule has 7 heteroatoms. The summed E-state index contributed by atoms with van der Waals surface area (Å²) < 4.78 is 6.15. The molecule has 0 atom stereocenters. The van der Waals surface area contributed by atoms with E-state index in [-0.39, 0.29) is 23.8 Å². The minimum Gasteiger partial charge on any atom is -0.487 e. The number of amides is 1. The van der Waals surface area contributed by atoms with Crippen molar-refractivity contribution in [1.82, 2.24) is 5.32 Å². The maximum Gasteiger partial charge on any atom is 0.273 e. The second-order valence-electron chi connectivity index (χ2n) is 7.80. The van der Waals surface area contributed by atoms with Gasteiger partial charge in [0.05, 0.1) is 5.71 Å². The number of ether oxygens (including phenoxy) is 1. The monoisotopic (exact) mass is 423 g/mol. The number of nitrogens with one attached hydrogen (secondary N) is 1.